The van der Waals surface area contributed by atoms with Crippen molar-refractivity contribution in [2.24, 2.45) is 7.05 Å². The number of carbonyl (C=O) groups is 1. The third kappa shape index (κ3) is 3.62. The lowest BCUT2D eigenvalue weighted by Crippen LogP contribution is -2.28. The van der Waals surface area contributed by atoms with Crippen molar-refractivity contribution >= 4 is 17.1 Å². The molecule has 4 rings (SSSR count). The Bertz CT molecular complexity index is 1100. The highest BCUT2D eigenvalue weighted by atomic mass is 16.1. The second kappa shape index (κ2) is 7.59. The zero-order chi connectivity index (χ0) is 19.5. The van der Waals surface area contributed by atoms with E-state index in [0.29, 0.717) is 16.9 Å². The highest BCUT2D eigenvalue weighted by molar-refractivity contribution is 5.96. The van der Waals surface area contributed by atoms with Crippen LogP contribution in [0.25, 0.3) is 11.2 Å². The first kappa shape index (κ1) is 17.8. The molecule has 4 aromatic rings. The van der Waals surface area contributed by atoms with Gasteiger partial charge in [-0.3, -0.25) is 9.48 Å². The summed E-state index contributed by atoms with van der Waals surface area (Å²) in [4.78, 5) is 25.6. The molecule has 0 spiro atoms. The van der Waals surface area contributed by atoms with E-state index < -0.39 is 0 Å². The molecule has 0 aliphatic heterocycles. The van der Waals surface area contributed by atoms with E-state index in [4.69, 9.17) is 0 Å². The van der Waals surface area contributed by atoms with Gasteiger partial charge in [0.1, 0.15) is 17.7 Å². The van der Waals surface area contributed by atoms with Crippen LogP contribution in [0.1, 0.15) is 34.7 Å². The van der Waals surface area contributed by atoms with Gasteiger partial charge >= 0.3 is 0 Å². The van der Waals surface area contributed by atoms with Crippen LogP contribution in [-0.2, 0) is 20.0 Å². The molecule has 0 bridgehead atoms. The second-order valence-electron chi connectivity index (χ2n) is 6.68. The molecule has 0 aliphatic rings. The van der Waals surface area contributed by atoms with Gasteiger partial charge in [-0.15, -0.1) is 0 Å². The van der Waals surface area contributed by atoms with E-state index in [1.165, 1.54) is 11.9 Å². The van der Waals surface area contributed by atoms with Gasteiger partial charge in [0.15, 0.2) is 5.65 Å². The number of aryl methyl sites for hydroxylation is 3. The third-order valence-electron chi connectivity index (χ3n) is 4.68. The predicted molar refractivity (Wildman–Crippen MR) is 105 cm³/mol. The second-order valence-corrected chi connectivity index (χ2v) is 6.68. The fourth-order valence-electron chi connectivity index (χ4n) is 3.17. The molecule has 1 N–H and O–H groups in total. The van der Waals surface area contributed by atoms with E-state index >= 15 is 0 Å². The van der Waals surface area contributed by atoms with Crippen molar-refractivity contribution in [3.05, 3.63) is 72.2 Å². The maximum absolute atomic E-state index is 12.6. The SMILES string of the molecule is CC(NC(=O)c1cnc2c(c1)ncn2CCc1ccccc1)c1ncnn1C. The fourth-order valence-corrected chi connectivity index (χ4v) is 3.17. The fraction of sp³-hybridized carbons (Fsp3) is 0.250. The lowest BCUT2D eigenvalue weighted by molar-refractivity contribution is 0.0937. The number of imidazole rings is 1. The van der Waals surface area contributed by atoms with Crippen LogP contribution in [0.2, 0.25) is 0 Å². The van der Waals surface area contributed by atoms with Crippen LogP contribution in [-0.4, -0.2) is 35.2 Å². The first-order valence-corrected chi connectivity index (χ1v) is 9.11. The zero-order valence-electron chi connectivity index (χ0n) is 15.8. The number of hydrogen-bond acceptors (Lipinski definition) is 5. The number of rotatable bonds is 6. The molecule has 8 nitrogen and oxygen atoms in total. The van der Waals surface area contributed by atoms with E-state index in [2.05, 4.69) is 37.5 Å². The quantitative estimate of drug-likeness (QED) is 0.558. The van der Waals surface area contributed by atoms with Gasteiger partial charge in [0.25, 0.3) is 5.91 Å². The number of nitrogens with zero attached hydrogens (tertiary/aromatic N) is 6. The lowest BCUT2D eigenvalue weighted by atomic mass is 10.1. The van der Waals surface area contributed by atoms with E-state index in [9.17, 15) is 4.79 Å². The van der Waals surface area contributed by atoms with Gasteiger partial charge in [-0.2, -0.15) is 5.10 Å². The smallest absolute Gasteiger partial charge is 0.253 e. The molecular formula is C20H21N7O. The molecular weight excluding hydrogens is 354 g/mol. The number of amides is 1. The summed E-state index contributed by atoms with van der Waals surface area (Å²) in [5.74, 6) is 0.469. The summed E-state index contributed by atoms with van der Waals surface area (Å²) >= 11 is 0. The highest BCUT2D eigenvalue weighted by Crippen LogP contribution is 2.15. The first-order chi connectivity index (χ1) is 13.6. The molecule has 0 saturated heterocycles. The minimum Gasteiger partial charge on any atom is -0.342 e. The van der Waals surface area contributed by atoms with Crippen LogP contribution in [0.5, 0.6) is 0 Å². The molecule has 142 valence electrons. The van der Waals surface area contributed by atoms with Gasteiger partial charge in [0, 0.05) is 19.8 Å². The van der Waals surface area contributed by atoms with Crippen molar-refractivity contribution in [3.63, 3.8) is 0 Å². The Morgan fingerprint density at radius 2 is 2.00 bits per heavy atom. The van der Waals surface area contributed by atoms with Crippen molar-refractivity contribution in [1.82, 2.24) is 34.6 Å². The van der Waals surface area contributed by atoms with E-state index in [-0.39, 0.29) is 11.9 Å². The van der Waals surface area contributed by atoms with Gasteiger partial charge in [-0.05, 0) is 25.0 Å². The van der Waals surface area contributed by atoms with Crippen LogP contribution in [0.3, 0.4) is 0 Å². The van der Waals surface area contributed by atoms with Gasteiger partial charge in [-0.1, -0.05) is 30.3 Å². The molecule has 3 aromatic heterocycles. The number of aromatic nitrogens is 6. The Morgan fingerprint density at radius 1 is 1.18 bits per heavy atom. The maximum Gasteiger partial charge on any atom is 0.253 e. The lowest BCUT2D eigenvalue weighted by Gasteiger charge is -2.12. The van der Waals surface area contributed by atoms with Gasteiger partial charge in [-0.25, -0.2) is 15.0 Å². The molecule has 28 heavy (non-hydrogen) atoms. The third-order valence-corrected chi connectivity index (χ3v) is 4.68. The number of fused-ring (bicyclic) bond motifs is 1. The number of benzene rings is 1. The standard InChI is InChI=1S/C20H21N7O/c1-14(18-22-12-24-26(18)2)25-20(28)16-10-17-19(21-11-16)27(13-23-17)9-8-15-6-4-3-5-7-15/h3-7,10-14H,8-9H2,1-2H3,(H,25,28). The van der Waals surface area contributed by atoms with E-state index in [0.717, 1.165) is 18.6 Å². The van der Waals surface area contributed by atoms with Crippen LogP contribution >= 0.6 is 0 Å². The summed E-state index contributed by atoms with van der Waals surface area (Å²) in [7, 11) is 1.79. The van der Waals surface area contributed by atoms with Gasteiger partial charge < -0.3 is 9.88 Å². The summed E-state index contributed by atoms with van der Waals surface area (Å²) in [6.45, 7) is 2.65. The van der Waals surface area contributed by atoms with E-state index in [1.54, 1.807) is 30.3 Å². The molecule has 0 saturated carbocycles. The average molecular weight is 375 g/mol. The molecule has 1 unspecified atom stereocenters. The number of nitrogens with one attached hydrogen (secondary N) is 1. The van der Waals surface area contributed by atoms with Gasteiger partial charge in [0.2, 0.25) is 0 Å². The molecule has 0 fully saturated rings. The van der Waals surface area contributed by atoms with Crippen molar-refractivity contribution in [1.29, 1.82) is 0 Å². The zero-order valence-corrected chi connectivity index (χ0v) is 15.8. The maximum atomic E-state index is 12.6. The van der Waals surface area contributed by atoms with Crippen LogP contribution in [0.15, 0.2) is 55.2 Å². The Morgan fingerprint density at radius 3 is 2.75 bits per heavy atom. The van der Waals surface area contributed by atoms with Crippen LogP contribution < -0.4 is 5.32 Å². The number of pyridine rings is 1. The summed E-state index contributed by atoms with van der Waals surface area (Å²) in [5, 5.41) is 6.95. The molecule has 0 aliphatic carbocycles. The molecule has 1 aromatic carbocycles. The summed E-state index contributed by atoms with van der Waals surface area (Å²) in [6, 6.07) is 11.8. The molecule has 0 radical (unpaired) electrons. The van der Waals surface area contributed by atoms with Crippen LogP contribution in [0.4, 0.5) is 0 Å². The number of hydrogen-bond donors (Lipinski definition) is 1. The van der Waals surface area contributed by atoms with Crippen molar-refractivity contribution < 1.29 is 4.79 Å². The van der Waals surface area contributed by atoms with Gasteiger partial charge in [0.05, 0.1) is 17.9 Å². The monoisotopic (exact) mass is 375 g/mol. The van der Waals surface area contributed by atoms with Crippen molar-refractivity contribution in [2.45, 2.75) is 25.9 Å². The minimum absolute atomic E-state index is 0.219. The predicted octanol–water partition coefficient (Wildman–Crippen LogP) is 2.29. The Kier molecular flexibility index (Phi) is 4.84. The minimum atomic E-state index is -0.265. The molecule has 8 heteroatoms. The van der Waals surface area contributed by atoms with Crippen LogP contribution in [0, 0.1) is 0 Å². The Labute approximate surface area is 162 Å². The summed E-state index contributed by atoms with van der Waals surface area (Å²) < 4.78 is 3.65. The molecule has 1 amide bonds. The topological polar surface area (TPSA) is 90.5 Å². The Hall–Kier alpha value is -3.55. The summed E-state index contributed by atoms with van der Waals surface area (Å²) in [6.07, 6.45) is 5.71. The first-order valence-electron chi connectivity index (χ1n) is 9.11. The highest BCUT2D eigenvalue weighted by Gasteiger charge is 2.16. The summed E-state index contributed by atoms with van der Waals surface area (Å²) in [5.41, 5.74) is 3.20. The largest absolute Gasteiger partial charge is 0.342 e. The normalized spacial score (nSPS) is 12.2. The average Bonchev–Trinajstić information content (AvgIpc) is 3.32. The molecule has 3 heterocycles. The number of carbonyl (C=O) groups excluding carboxylic acids is 1. The van der Waals surface area contributed by atoms with E-state index in [1.807, 2.05) is 29.7 Å². The Balaban J connectivity index is 1.47. The van der Waals surface area contributed by atoms with Crippen molar-refractivity contribution in [3.8, 4) is 0 Å². The molecule has 1 atom stereocenters. The van der Waals surface area contributed by atoms with Crippen molar-refractivity contribution in [2.75, 3.05) is 0 Å².